The molecule has 0 saturated heterocycles. The average molecular weight is 493 g/mol. The van der Waals surface area contributed by atoms with Gasteiger partial charge in [0.15, 0.2) is 6.61 Å². The van der Waals surface area contributed by atoms with Gasteiger partial charge in [0.05, 0.1) is 0 Å². The van der Waals surface area contributed by atoms with Gasteiger partial charge < -0.3 is 15.0 Å². The minimum absolute atomic E-state index is 0.00397. The summed E-state index contributed by atoms with van der Waals surface area (Å²) in [4.78, 5) is 27.7. The number of nitrogens with zero attached hydrogens (tertiary/aromatic N) is 1. The van der Waals surface area contributed by atoms with Gasteiger partial charge in [0.1, 0.15) is 11.8 Å². The molecule has 0 fully saturated rings. The number of amides is 2. The lowest BCUT2D eigenvalue weighted by Gasteiger charge is -2.30. The van der Waals surface area contributed by atoms with E-state index in [1.54, 1.807) is 25.1 Å². The summed E-state index contributed by atoms with van der Waals surface area (Å²) < 4.78 is 5.95. The number of ether oxygens (including phenoxy) is 1. The zero-order valence-electron chi connectivity index (χ0n) is 20.2. The van der Waals surface area contributed by atoms with Crippen LogP contribution in [0.15, 0.2) is 42.5 Å². The molecule has 7 heteroatoms. The van der Waals surface area contributed by atoms with Crippen LogP contribution in [0.3, 0.4) is 0 Å². The van der Waals surface area contributed by atoms with Crippen LogP contribution in [0.5, 0.6) is 5.75 Å². The molecule has 0 aliphatic heterocycles. The van der Waals surface area contributed by atoms with Gasteiger partial charge >= 0.3 is 0 Å². The number of halogens is 2. The summed E-state index contributed by atoms with van der Waals surface area (Å²) in [5, 5.41) is 3.82. The van der Waals surface area contributed by atoms with E-state index in [-0.39, 0.29) is 36.4 Å². The van der Waals surface area contributed by atoms with Gasteiger partial charge in [-0.05, 0) is 49.4 Å². The topological polar surface area (TPSA) is 58.6 Å². The minimum atomic E-state index is -0.736. The van der Waals surface area contributed by atoms with Crippen LogP contribution in [0, 0.1) is 0 Å². The number of rotatable bonds is 9. The Labute approximate surface area is 207 Å². The molecule has 0 saturated carbocycles. The van der Waals surface area contributed by atoms with Gasteiger partial charge in [0.2, 0.25) is 5.91 Å². The second-order valence-electron chi connectivity index (χ2n) is 9.25. The Hall–Kier alpha value is -2.24. The van der Waals surface area contributed by atoms with E-state index in [1.165, 1.54) is 4.90 Å². The third kappa shape index (κ3) is 7.38. The van der Waals surface area contributed by atoms with E-state index in [0.717, 1.165) is 12.0 Å². The van der Waals surface area contributed by atoms with Crippen molar-refractivity contribution in [1.29, 1.82) is 0 Å². The van der Waals surface area contributed by atoms with Gasteiger partial charge in [-0.1, -0.05) is 75.2 Å². The lowest BCUT2D eigenvalue weighted by atomic mass is 9.86. The molecule has 33 heavy (non-hydrogen) atoms. The fraction of sp³-hybridized carbons (Fsp3) is 0.462. The number of benzene rings is 2. The predicted molar refractivity (Wildman–Crippen MR) is 135 cm³/mol. The summed E-state index contributed by atoms with van der Waals surface area (Å²) >= 11 is 12.7. The highest BCUT2D eigenvalue weighted by molar-refractivity contribution is 6.36. The van der Waals surface area contributed by atoms with E-state index in [1.807, 2.05) is 38.1 Å². The minimum Gasteiger partial charge on any atom is -0.483 e. The van der Waals surface area contributed by atoms with Crippen molar-refractivity contribution in [3.63, 3.8) is 0 Å². The van der Waals surface area contributed by atoms with E-state index in [9.17, 15) is 9.59 Å². The van der Waals surface area contributed by atoms with Crippen molar-refractivity contribution in [2.75, 3.05) is 6.61 Å². The Kier molecular flexibility index (Phi) is 9.62. The monoisotopic (exact) mass is 492 g/mol. The van der Waals surface area contributed by atoms with Crippen LogP contribution in [-0.2, 0) is 21.5 Å². The van der Waals surface area contributed by atoms with Gasteiger partial charge in [-0.3, -0.25) is 9.59 Å². The lowest BCUT2D eigenvalue weighted by molar-refractivity contribution is -0.142. The Morgan fingerprint density at radius 3 is 2.21 bits per heavy atom. The molecular weight excluding hydrogens is 459 g/mol. The molecule has 0 spiro atoms. The third-order valence-corrected chi connectivity index (χ3v) is 6.31. The van der Waals surface area contributed by atoms with Crippen LogP contribution >= 0.6 is 23.2 Å². The van der Waals surface area contributed by atoms with E-state index in [0.29, 0.717) is 21.4 Å². The molecule has 5 nitrogen and oxygen atoms in total. The fourth-order valence-electron chi connectivity index (χ4n) is 3.34. The van der Waals surface area contributed by atoms with Crippen LogP contribution in [0.4, 0.5) is 0 Å². The van der Waals surface area contributed by atoms with Crippen molar-refractivity contribution >= 4 is 35.0 Å². The fourth-order valence-corrected chi connectivity index (χ4v) is 3.85. The molecule has 2 aromatic rings. The highest BCUT2D eigenvalue weighted by Crippen LogP contribution is 2.31. The highest BCUT2D eigenvalue weighted by atomic mass is 35.5. The van der Waals surface area contributed by atoms with E-state index >= 15 is 0 Å². The zero-order valence-corrected chi connectivity index (χ0v) is 21.8. The molecule has 180 valence electrons. The summed E-state index contributed by atoms with van der Waals surface area (Å²) in [6.07, 6.45) is 0.787. The van der Waals surface area contributed by atoms with Gasteiger partial charge in [-0.25, -0.2) is 0 Å². The second kappa shape index (κ2) is 11.8. The lowest BCUT2D eigenvalue weighted by Crippen LogP contribution is -2.50. The first-order chi connectivity index (χ1) is 15.5. The molecule has 1 N–H and O–H groups in total. The van der Waals surface area contributed by atoms with Gasteiger partial charge in [0.25, 0.3) is 5.91 Å². The zero-order chi connectivity index (χ0) is 24.8. The molecule has 2 amide bonds. The highest BCUT2D eigenvalue weighted by Gasteiger charge is 2.29. The normalized spacial score (nSPS) is 13.2. The molecule has 2 atom stereocenters. The first-order valence-corrected chi connectivity index (χ1v) is 12.0. The molecule has 0 radical (unpaired) electrons. The molecular formula is C26H34Cl2N2O3. The Morgan fingerprint density at radius 2 is 1.64 bits per heavy atom. The Balaban J connectivity index is 2.29. The van der Waals surface area contributed by atoms with Gasteiger partial charge in [-0.2, -0.15) is 0 Å². The largest absolute Gasteiger partial charge is 0.483 e. The van der Waals surface area contributed by atoms with Crippen molar-refractivity contribution in [2.24, 2.45) is 0 Å². The van der Waals surface area contributed by atoms with E-state index < -0.39 is 6.04 Å². The van der Waals surface area contributed by atoms with Crippen molar-refractivity contribution in [2.45, 2.75) is 72.0 Å². The first kappa shape index (κ1) is 27.0. The van der Waals surface area contributed by atoms with E-state index in [2.05, 4.69) is 26.1 Å². The Bertz CT molecular complexity index is 952. The maximum Gasteiger partial charge on any atom is 0.261 e. The molecule has 2 rings (SSSR count). The number of carbonyl (C=O) groups is 2. The van der Waals surface area contributed by atoms with Crippen LogP contribution in [0.25, 0.3) is 0 Å². The number of hydrogen-bond donors (Lipinski definition) is 1. The summed E-state index contributed by atoms with van der Waals surface area (Å²) in [7, 11) is 0. The molecule has 0 aromatic heterocycles. The number of carbonyl (C=O) groups excluding carboxylic acids is 2. The molecule has 0 aliphatic rings. The molecule has 0 aliphatic carbocycles. The van der Waals surface area contributed by atoms with Crippen LogP contribution < -0.4 is 10.1 Å². The second-order valence-corrected chi connectivity index (χ2v) is 10.1. The molecule has 2 aromatic carbocycles. The van der Waals surface area contributed by atoms with Crippen molar-refractivity contribution in [3.8, 4) is 5.75 Å². The number of nitrogens with one attached hydrogen (secondary N) is 1. The maximum absolute atomic E-state index is 13.3. The predicted octanol–water partition coefficient (Wildman–Crippen LogP) is 6.00. The summed E-state index contributed by atoms with van der Waals surface area (Å²) in [6, 6.07) is 12.1. The number of hydrogen-bond acceptors (Lipinski definition) is 3. The SMILES string of the molecule is CC[C@H](C)NC(=O)[C@H](C)N(Cc1c(Cl)cccc1Cl)C(=O)COc1ccccc1C(C)(C)C. The van der Waals surface area contributed by atoms with Crippen LogP contribution in [-0.4, -0.2) is 35.4 Å². The molecule has 0 heterocycles. The van der Waals surface area contributed by atoms with Crippen LogP contribution in [0.2, 0.25) is 10.0 Å². The number of para-hydroxylation sites is 1. The maximum atomic E-state index is 13.3. The molecule has 0 bridgehead atoms. The molecule has 0 unspecified atom stereocenters. The standard InChI is InChI=1S/C26H34Cl2N2O3/c1-7-17(2)29-25(32)18(3)30(15-19-21(27)12-10-13-22(19)28)24(31)16-33-23-14-9-8-11-20(23)26(4,5)6/h8-14,17-18H,7,15-16H2,1-6H3,(H,29,32)/t17-,18-/m0/s1. The summed E-state index contributed by atoms with van der Waals surface area (Å²) in [5.74, 6) is 0.0725. The average Bonchev–Trinajstić information content (AvgIpc) is 2.76. The van der Waals surface area contributed by atoms with E-state index in [4.69, 9.17) is 27.9 Å². The smallest absolute Gasteiger partial charge is 0.261 e. The van der Waals surface area contributed by atoms with Crippen molar-refractivity contribution < 1.29 is 14.3 Å². The Morgan fingerprint density at radius 1 is 1.03 bits per heavy atom. The van der Waals surface area contributed by atoms with Gasteiger partial charge in [-0.15, -0.1) is 0 Å². The first-order valence-electron chi connectivity index (χ1n) is 11.2. The quantitative estimate of drug-likeness (QED) is 0.466. The third-order valence-electron chi connectivity index (χ3n) is 5.60. The summed E-state index contributed by atoms with van der Waals surface area (Å²) in [5.41, 5.74) is 1.45. The van der Waals surface area contributed by atoms with Crippen molar-refractivity contribution in [1.82, 2.24) is 10.2 Å². The van der Waals surface area contributed by atoms with Gasteiger partial charge in [0, 0.05) is 28.2 Å². The summed E-state index contributed by atoms with van der Waals surface area (Å²) in [6.45, 7) is 11.8. The van der Waals surface area contributed by atoms with Crippen molar-refractivity contribution in [3.05, 3.63) is 63.6 Å². The van der Waals surface area contributed by atoms with Crippen LogP contribution in [0.1, 0.15) is 59.1 Å².